The third-order valence-electron chi connectivity index (χ3n) is 5.17. The number of β-amino-alcohol motifs (C(OH)–C–C–N with tert-alkyl or cyclic N) is 1. The molecule has 3 rings (SSSR count). The van der Waals surface area contributed by atoms with E-state index in [1.165, 1.54) is 16.6 Å². The molecule has 2 unspecified atom stereocenters. The van der Waals surface area contributed by atoms with Crippen molar-refractivity contribution in [3.8, 4) is 5.75 Å². The van der Waals surface area contributed by atoms with Crippen LogP contribution >= 0.6 is 11.6 Å². The summed E-state index contributed by atoms with van der Waals surface area (Å²) >= 11 is 5.97. The zero-order valence-electron chi connectivity index (χ0n) is 18.1. The van der Waals surface area contributed by atoms with Crippen molar-refractivity contribution in [3.63, 3.8) is 0 Å². The van der Waals surface area contributed by atoms with Crippen LogP contribution in [-0.2, 0) is 16.2 Å². The summed E-state index contributed by atoms with van der Waals surface area (Å²) in [6, 6.07) is 5.60. The molecule has 1 aliphatic heterocycles. The number of carbonyl (C=O) groups is 2. The van der Waals surface area contributed by atoms with Crippen LogP contribution in [0.3, 0.4) is 0 Å². The van der Waals surface area contributed by atoms with Crippen molar-refractivity contribution in [2.45, 2.75) is 52.0 Å². The number of halogens is 1. The first-order valence-corrected chi connectivity index (χ1v) is 10.5. The molecule has 1 aliphatic rings. The Labute approximate surface area is 186 Å². The molecular formula is C21H28ClN5O4. The van der Waals surface area contributed by atoms with E-state index in [0.717, 1.165) is 0 Å². The van der Waals surface area contributed by atoms with Crippen LogP contribution in [0.1, 0.15) is 38.9 Å². The Morgan fingerprint density at radius 1 is 1.39 bits per heavy atom. The van der Waals surface area contributed by atoms with Crippen LogP contribution in [0, 0.1) is 5.41 Å². The number of benzene rings is 1. The summed E-state index contributed by atoms with van der Waals surface area (Å²) in [6.07, 6.45) is 1.13. The van der Waals surface area contributed by atoms with Gasteiger partial charge in [0.05, 0.1) is 12.3 Å². The van der Waals surface area contributed by atoms with Crippen LogP contribution in [0.25, 0.3) is 0 Å². The number of nitrogens with zero attached hydrogens (tertiary/aromatic N) is 4. The maximum atomic E-state index is 13.5. The molecule has 2 aromatic rings. The predicted molar refractivity (Wildman–Crippen MR) is 114 cm³/mol. The van der Waals surface area contributed by atoms with E-state index < -0.39 is 23.6 Å². The number of amides is 2. The standard InChI is InChI=1S/C21H28ClN5O4/c1-21(2,3)18(20(30)26-11-15(28)9-17(26)19(29)23-4)27-10-14(24-25-27)12-31-16-7-5-6-13(22)8-16/h5-8,10,15,17-18,28H,9,11-12H2,1-4H3,(H,23,29)/t15?,17?,18-/m1/s1. The molecule has 1 fully saturated rings. The van der Waals surface area contributed by atoms with Gasteiger partial charge in [0.25, 0.3) is 0 Å². The van der Waals surface area contributed by atoms with Crippen LogP contribution < -0.4 is 10.1 Å². The molecule has 10 heteroatoms. The number of likely N-dealkylation sites (N-methyl/N-ethyl adjacent to an activating group) is 1. The number of ether oxygens (including phenoxy) is 1. The quantitative estimate of drug-likeness (QED) is 0.696. The minimum absolute atomic E-state index is 0.100. The SMILES string of the molecule is CNC(=O)C1CC(O)CN1C(=O)[C@@H](n1cc(COc2cccc(Cl)c2)nn1)C(C)(C)C. The Bertz CT molecular complexity index is 942. The van der Waals surface area contributed by atoms with Gasteiger partial charge in [0.1, 0.15) is 30.1 Å². The minimum Gasteiger partial charge on any atom is -0.487 e. The van der Waals surface area contributed by atoms with E-state index in [-0.39, 0.29) is 31.4 Å². The lowest BCUT2D eigenvalue weighted by Gasteiger charge is -2.34. The van der Waals surface area contributed by atoms with Gasteiger partial charge >= 0.3 is 0 Å². The smallest absolute Gasteiger partial charge is 0.248 e. The first-order valence-electron chi connectivity index (χ1n) is 10.1. The van der Waals surface area contributed by atoms with E-state index in [9.17, 15) is 14.7 Å². The first-order chi connectivity index (χ1) is 14.6. The number of rotatable bonds is 6. The zero-order chi connectivity index (χ0) is 22.8. The van der Waals surface area contributed by atoms with Gasteiger partial charge in [-0.05, 0) is 23.6 Å². The molecule has 1 aromatic heterocycles. The Balaban J connectivity index is 1.80. The van der Waals surface area contributed by atoms with Crippen molar-refractivity contribution in [2.24, 2.45) is 5.41 Å². The normalized spacial score (nSPS) is 19.9. The Morgan fingerprint density at radius 2 is 2.13 bits per heavy atom. The fraction of sp³-hybridized carbons (Fsp3) is 0.524. The second kappa shape index (κ2) is 9.23. The summed E-state index contributed by atoms with van der Waals surface area (Å²) in [5, 5.41) is 21.5. The molecular weight excluding hydrogens is 422 g/mol. The topological polar surface area (TPSA) is 110 Å². The van der Waals surface area contributed by atoms with E-state index in [2.05, 4.69) is 15.6 Å². The molecule has 1 saturated heterocycles. The summed E-state index contributed by atoms with van der Waals surface area (Å²) in [6.45, 7) is 6.01. The lowest BCUT2D eigenvalue weighted by molar-refractivity contribution is -0.144. The number of aliphatic hydroxyl groups is 1. The molecule has 0 bridgehead atoms. The Morgan fingerprint density at radius 3 is 2.77 bits per heavy atom. The van der Waals surface area contributed by atoms with Crippen molar-refractivity contribution in [1.29, 1.82) is 0 Å². The number of likely N-dealkylation sites (tertiary alicyclic amines) is 1. The van der Waals surface area contributed by atoms with Gasteiger partial charge in [-0.1, -0.05) is 43.7 Å². The van der Waals surface area contributed by atoms with Gasteiger partial charge < -0.3 is 20.1 Å². The average Bonchev–Trinajstić information content (AvgIpc) is 3.31. The van der Waals surface area contributed by atoms with Gasteiger partial charge in [-0.25, -0.2) is 4.68 Å². The average molecular weight is 450 g/mol. The third-order valence-corrected chi connectivity index (χ3v) is 5.41. The predicted octanol–water partition coefficient (Wildman–Crippen LogP) is 1.81. The van der Waals surface area contributed by atoms with E-state index in [1.54, 1.807) is 30.5 Å². The monoisotopic (exact) mass is 449 g/mol. The summed E-state index contributed by atoms with van der Waals surface area (Å²) < 4.78 is 7.21. The van der Waals surface area contributed by atoms with Gasteiger partial charge in [-0.3, -0.25) is 9.59 Å². The number of hydrogen-bond acceptors (Lipinski definition) is 6. The van der Waals surface area contributed by atoms with Gasteiger partial charge in [0, 0.05) is 25.0 Å². The second-order valence-corrected chi connectivity index (χ2v) is 9.15. The molecule has 2 heterocycles. The third kappa shape index (κ3) is 5.34. The van der Waals surface area contributed by atoms with E-state index in [4.69, 9.17) is 16.3 Å². The number of aliphatic hydroxyl groups excluding tert-OH is 1. The summed E-state index contributed by atoms with van der Waals surface area (Å²) in [5.41, 5.74) is 0.0303. The molecule has 0 aliphatic carbocycles. The minimum atomic E-state index is -0.746. The lowest BCUT2D eigenvalue weighted by atomic mass is 9.85. The number of hydrogen-bond donors (Lipinski definition) is 2. The molecule has 2 N–H and O–H groups in total. The van der Waals surface area contributed by atoms with E-state index >= 15 is 0 Å². The second-order valence-electron chi connectivity index (χ2n) is 8.71. The molecule has 0 spiro atoms. The van der Waals surface area contributed by atoms with Crippen LogP contribution in [0.15, 0.2) is 30.5 Å². The van der Waals surface area contributed by atoms with Crippen molar-refractivity contribution in [2.75, 3.05) is 13.6 Å². The lowest BCUT2D eigenvalue weighted by Crippen LogP contribution is -2.49. The van der Waals surface area contributed by atoms with Crippen molar-refractivity contribution in [3.05, 3.63) is 41.2 Å². The highest BCUT2D eigenvalue weighted by Crippen LogP contribution is 2.34. The molecule has 1 aromatic carbocycles. The molecule has 3 atom stereocenters. The number of nitrogens with one attached hydrogen (secondary N) is 1. The van der Waals surface area contributed by atoms with Crippen molar-refractivity contribution < 1.29 is 19.4 Å². The molecule has 0 radical (unpaired) electrons. The van der Waals surface area contributed by atoms with Gasteiger partial charge in [0.15, 0.2) is 0 Å². The fourth-order valence-corrected chi connectivity index (χ4v) is 3.91. The Hall–Kier alpha value is -2.65. The highest BCUT2D eigenvalue weighted by atomic mass is 35.5. The molecule has 9 nitrogen and oxygen atoms in total. The maximum absolute atomic E-state index is 13.5. The van der Waals surface area contributed by atoms with E-state index in [0.29, 0.717) is 16.5 Å². The van der Waals surface area contributed by atoms with Crippen molar-refractivity contribution >= 4 is 23.4 Å². The zero-order valence-corrected chi connectivity index (χ0v) is 18.8. The summed E-state index contributed by atoms with van der Waals surface area (Å²) in [4.78, 5) is 27.2. The van der Waals surface area contributed by atoms with Crippen LogP contribution in [0.2, 0.25) is 5.02 Å². The summed E-state index contributed by atoms with van der Waals surface area (Å²) in [7, 11) is 1.51. The first kappa shape index (κ1) is 23.0. The Kier molecular flexibility index (Phi) is 6.86. The van der Waals surface area contributed by atoms with Crippen LogP contribution in [0.4, 0.5) is 0 Å². The molecule has 2 amide bonds. The fourth-order valence-electron chi connectivity index (χ4n) is 3.73. The molecule has 168 valence electrons. The van der Waals surface area contributed by atoms with E-state index in [1.807, 2.05) is 20.8 Å². The number of aromatic nitrogens is 3. The van der Waals surface area contributed by atoms with Crippen LogP contribution in [-0.4, -0.2) is 62.6 Å². The van der Waals surface area contributed by atoms with Gasteiger partial charge in [-0.2, -0.15) is 0 Å². The highest BCUT2D eigenvalue weighted by molar-refractivity contribution is 6.30. The largest absolute Gasteiger partial charge is 0.487 e. The van der Waals surface area contributed by atoms with Gasteiger partial charge in [0.2, 0.25) is 11.8 Å². The number of carbonyl (C=O) groups excluding carboxylic acids is 2. The van der Waals surface area contributed by atoms with Crippen molar-refractivity contribution in [1.82, 2.24) is 25.2 Å². The molecule has 0 saturated carbocycles. The summed E-state index contributed by atoms with van der Waals surface area (Å²) in [5.74, 6) is 0.0154. The maximum Gasteiger partial charge on any atom is 0.248 e. The highest BCUT2D eigenvalue weighted by Gasteiger charge is 2.44. The molecule has 31 heavy (non-hydrogen) atoms. The van der Waals surface area contributed by atoms with Gasteiger partial charge in [-0.15, -0.1) is 5.10 Å². The van der Waals surface area contributed by atoms with Crippen LogP contribution in [0.5, 0.6) is 5.75 Å².